The van der Waals surface area contributed by atoms with Gasteiger partial charge in [-0.15, -0.1) is 0 Å². The van der Waals surface area contributed by atoms with Crippen LogP contribution in [0.1, 0.15) is 25.0 Å². The number of carbonyl (C=O) groups excluding carboxylic acids is 2. The zero-order valence-electron chi connectivity index (χ0n) is 22.3. The summed E-state index contributed by atoms with van der Waals surface area (Å²) in [5.74, 6) is -0.372. The largest absolute Gasteiger partial charge is 0.322 e. The maximum Gasteiger partial charge on any atom is 0.322 e. The number of urea groups is 1. The third-order valence-electron chi connectivity index (χ3n) is 6.00. The molecule has 0 aliphatic heterocycles. The van der Waals surface area contributed by atoms with E-state index in [1.54, 1.807) is 4.68 Å². The highest BCUT2D eigenvalue weighted by Gasteiger charge is 2.21. The number of aromatic nitrogens is 2. The van der Waals surface area contributed by atoms with E-state index in [9.17, 15) is 14.0 Å². The van der Waals surface area contributed by atoms with E-state index in [1.165, 1.54) is 23.1 Å². The molecule has 0 unspecified atom stereocenters. The molecule has 1 aromatic heterocycles. The first-order valence-corrected chi connectivity index (χ1v) is 13.0. The summed E-state index contributed by atoms with van der Waals surface area (Å²) < 4.78 is 15.3. The Morgan fingerprint density at radius 2 is 1.74 bits per heavy atom. The van der Waals surface area contributed by atoms with E-state index in [1.807, 2.05) is 76.2 Å². The number of benzene rings is 3. The molecule has 1 heterocycles. The fourth-order valence-electron chi connectivity index (χ4n) is 4.24. The van der Waals surface area contributed by atoms with Crippen LogP contribution in [0.2, 0.25) is 5.02 Å². The number of rotatable bonds is 8. The quantitative estimate of drug-likeness (QED) is 0.247. The molecule has 3 aromatic carbocycles. The summed E-state index contributed by atoms with van der Waals surface area (Å²) in [4.78, 5) is 27.8. The van der Waals surface area contributed by atoms with Crippen molar-refractivity contribution >= 4 is 35.0 Å². The molecule has 2 N–H and O–H groups in total. The van der Waals surface area contributed by atoms with Crippen LogP contribution in [0.3, 0.4) is 0 Å². The molecule has 0 aliphatic carbocycles. The van der Waals surface area contributed by atoms with Crippen molar-refractivity contribution < 1.29 is 14.0 Å². The average molecular weight is 548 g/mol. The van der Waals surface area contributed by atoms with Gasteiger partial charge in [-0.05, 0) is 49.6 Å². The summed E-state index contributed by atoms with van der Waals surface area (Å²) in [5.41, 5.74) is 4.91. The van der Waals surface area contributed by atoms with E-state index < -0.39 is 11.8 Å². The van der Waals surface area contributed by atoms with Crippen molar-refractivity contribution in [2.45, 2.75) is 27.7 Å². The van der Waals surface area contributed by atoms with Crippen molar-refractivity contribution in [1.29, 1.82) is 0 Å². The Balaban J connectivity index is 1.59. The van der Waals surface area contributed by atoms with Crippen LogP contribution in [-0.4, -0.2) is 39.7 Å². The lowest BCUT2D eigenvalue weighted by molar-refractivity contribution is -0.116. The topological polar surface area (TPSA) is 79.3 Å². The predicted octanol–water partition coefficient (Wildman–Crippen LogP) is 7.08. The van der Waals surface area contributed by atoms with Crippen LogP contribution in [0.5, 0.6) is 0 Å². The minimum absolute atomic E-state index is 0.102. The number of halogens is 2. The second-order valence-electron chi connectivity index (χ2n) is 9.86. The summed E-state index contributed by atoms with van der Waals surface area (Å²) in [7, 11) is 0. The van der Waals surface area contributed by atoms with E-state index in [0.29, 0.717) is 23.7 Å². The monoisotopic (exact) mass is 547 g/mol. The number of aryl methyl sites for hydroxylation is 2. The van der Waals surface area contributed by atoms with Crippen molar-refractivity contribution in [3.05, 3.63) is 94.8 Å². The third-order valence-corrected chi connectivity index (χ3v) is 6.29. The van der Waals surface area contributed by atoms with Crippen LogP contribution in [0.25, 0.3) is 16.9 Å². The number of hydrogen-bond acceptors (Lipinski definition) is 3. The van der Waals surface area contributed by atoms with Gasteiger partial charge in [0.15, 0.2) is 0 Å². The maximum atomic E-state index is 13.5. The number of nitrogens with zero attached hydrogens (tertiary/aromatic N) is 3. The molecule has 9 heteroatoms. The Morgan fingerprint density at radius 3 is 2.41 bits per heavy atom. The van der Waals surface area contributed by atoms with Gasteiger partial charge in [-0.1, -0.05) is 73.5 Å². The van der Waals surface area contributed by atoms with Gasteiger partial charge in [0.1, 0.15) is 18.2 Å². The molecule has 0 saturated heterocycles. The van der Waals surface area contributed by atoms with Gasteiger partial charge in [-0.2, -0.15) is 5.10 Å². The van der Waals surface area contributed by atoms with Crippen molar-refractivity contribution in [2.24, 2.45) is 5.92 Å². The first-order chi connectivity index (χ1) is 18.6. The highest BCUT2D eigenvalue weighted by Crippen LogP contribution is 2.27. The normalized spacial score (nSPS) is 10.9. The number of nitrogens with one attached hydrogen (secondary N) is 2. The Labute approximate surface area is 232 Å². The smallest absolute Gasteiger partial charge is 0.315 e. The van der Waals surface area contributed by atoms with Crippen molar-refractivity contribution in [3.8, 4) is 16.9 Å². The van der Waals surface area contributed by atoms with E-state index >= 15 is 0 Å². The summed E-state index contributed by atoms with van der Waals surface area (Å²) in [6.45, 7) is 8.06. The minimum Gasteiger partial charge on any atom is -0.315 e. The van der Waals surface area contributed by atoms with Crippen molar-refractivity contribution in [3.63, 3.8) is 0 Å². The SMILES string of the molecule is Cc1ccc(-n2nc(-c3ccccc3)cc2NC(=O)CN(CC(C)C)C(=O)Nc2ccc(F)c(Cl)c2)c(C)c1. The van der Waals surface area contributed by atoms with Gasteiger partial charge >= 0.3 is 6.03 Å². The lowest BCUT2D eigenvalue weighted by Gasteiger charge is -2.24. The van der Waals surface area contributed by atoms with Gasteiger partial charge in [0.05, 0.1) is 16.4 Å². The van der Waals surface area contributed by atoms with Gasteiger partial charge in [0.2, 0.25) is 5.91 Å². The lowest BCUT2D eigenvalue weighted by atomic mass is 10.1. The number of amides is 3. The lowest BCUT2D eigenvalue weighted by Crippen LogP contribution is -2.42. The van der Waals surface area contributed by atoms with E-state index in [-0.39, 0.29) is 23.4 Å². The summed E-state index contributed by atoms with van der Waals surface area (Å²) >= 11 is 5.85. The molecule has 0 saturated carbocycles. The Hall–Kier alpha value is -4.17. The Morgan fingerprint density at radius 1 is 1.00 bits per heavy atom. The zero-order valence-corrected chi connectivity index (χ0v) is 23.1. The van der Waals surface area contributed by atoms with Gasteiger partial charge < -0.3 is 15.5 Å². The molecule has 0 spiro atoms. The zero-order chi connectivity index (χ0) is 28.1. The van der Waals surface area contributed by atoms with Gasteiger partial charge in [0.25, 0.3) is 0 Å². The van der Waals surface area contributed by atoms with Gasteiger partial charge in [-0.3, -0.25) is 4.79 Å². The minimum atomic E-state index is -0.580. The van der Waals surface area contributed by atoms with Crippen LogP contribution in [-0.2, 0) is 4.79 Å². The van der Waals surface area contributed by atoms with E-state index in [2.05, 4.69) is 16.7 Å². The second kappa shape index (κ2) is 12.1. The fraction of sp³-hybridized carbons (Fsp3) is 0.233. The van der Waals surface area contributed by atoms with E-state index in [4.69, 9.17) is 16.7 Å². The van der Waals surface area contributed by atoms with Crippen LogP contribution < -0.4 is 10.6 Å². The van der Waals surface area contributed by atoms with Crippen molar-refractivity contribution in [2.75, 3.05) is 23.7 Å². The molecule has 0 fully saturated rings. The number of anilines is 2. The molecule has 4 aromatic rings. The number of carbonyl (C=O) groups is 2. The van der Waals surface area contributed by atoms with Crippen LogP contribution in [0.4, 0.5) is 20.7 Å². The van der Waals surface area contributed by atoms with Crippen LogP contribution >= 0.6 is 11.6 Å². The number of hydrogen-bond donors (Lipinski definition) is 2. The van der Waals surface area contributed by atoms with Crippen LogP contribution in [0, 0.1) is 25.6 Å². The molecule has 7 nitrogen and oxygen atoms in total. The fourth-order valence-corrected chi connectivity index (χ4v) is 4.42. The summed E-state index contributed by atoms with van der Waals surface area (Å²) in [6.07, 6.45) is 0. The maximum absolute atomic E-state index is 13.5. The molecule has 0 aliphatic rings. The van der Waals surface area contributed by atoms with Gasteiger partial charge in [0, 0.05) is 23.9 Å². The average Bonchev–Trinajstić information content (AvgIpc) is 3.29. The molecule has 0 radical (unpaired) electrons. The van der Waals surface area contributed by atoms with Crippen LogP contribution in [0.15, 0.2) is 72.8 Å². The highest BCUT2D eigenvalue weighted by atomic mass is 35.5. The molecule has 39 heavy (non-hydrogen) atoms. The molecular formula is C30H31ClFN5O2. The second-order valence-corrected chi connectivity index (χ2v) is 10.3. The molecule has 3 amide bonds. The Kier molecular flexibility index (Phi) is 8.66. The standard InChI is InChI=1S/C30H31ClFN5O2/c1-19(2)17-36(30(39)33-23-11-12-25(32)24(31)15-23)18-29(38)34-28-16-26(22-8-6-5-7-9-22)35-37(28)27-13-10-20(3)14-21(27)4/h5-16,19H,17-18H2,1-4H3,(H,33,39)(H,34,38). The first kappa shape index (κ1) is 27.9. The van der Waals surface area contributed by atoms with Crippen molar-refractivity contribution in [1.82, 2.24) is 14.7 Å². The highest BCUT2D eigenvalue weighted by molar-refractivity contribution is 6.31. The Bertz CT molecular complexity index is 1490. The summed E-state index contributed by atoms with van der Waals surface area (Å²) in [5, 5.41) is 10.3. The molecule has 0 atom stereocenters. The summed E-state index contributed by atoms with van der Waals surface area (Å²) in [6, 6.07) is 21.0. The third kappa shape index (κ3) is 7.03. The molecule has 202 valence electrons. The van der Waals surface area contributed by atoms with Gasteiger partial charge in [-0.25, -0.2) is 13.9 Å². The predicted molar refractivity (Wildman–Crippen MR) is 154 cm³/mol. The molecule has 0 bridgehead atoms. The first-order valence-electron chi connectivity index (χ1n) is 12.6. The molecular weight excluding hydrogens is 517 g/mol. The molecule has 4 rings (SSSR count). The van der Waals surface area contributed by atoms with E-state index in [0.717, 1.165) is 22.4 Å².